The van der Waals surface area contributed by atoms with Crippen LogP contribution in [-0.4, -0.2) is 19.2 Å². The fourth-order valence-electron chi connectivity index (χ4n) is 4.64. The first-order valence-corrected chi connectivity index (χ1v) is 14.3. The maximum Gasteiger partial charge on any atom is 0.344 e. The molecule has 0 radical (unpaired) electrons. The second-order valence-corrected chi connectivity index (χ2v) is 10.1. The van der Waals surface area contributed by atoms with Crippen molar-refractivity contribution in [3.63, 3.8) is 0 Å². The molecule has 0 unspecified atom stereocenters. The van der Waals surface area contributed by atoms with Gasteiger partial charge in [0.05, 0.1) is 0 Å². The molecule has 0 aromatic heterocycles. The predicted molar refractivity (Wildman–Crippen MR) is 152 cm³/mol. The normalized spacial score (nSPS) is 13.6. The Morgan fingerprint density at radius 1 is 0.833 bits per heavy atom. The van der Waals surface area contributed by atoms with Gasteiger partial charge in [-0.2, -0.15) is 0 Å². The number of carbonyl (C=O) groups is 1. The van der Waals surface area contributed by atoms with E-state index in [1.807, 2.05) is 37.3 Å². The second kappa shape index (κ2) is 17.2. The molecule has 0 saturated heterocycles. The van der Waals surface area contributed by atoms with Crippen LogP contribution >= 0.6 is 0 Å². The highest BCUT2D eigenvalue weighted by molar-refractivity contribution is 5.92. The number of esters is 1. The van der Waals surface area contributed by atoms with Gasteiger partial charge < -0.3 is 9.47 Å². The third-order valence-electron chi connectivity index (χ3n) is 7.09. The van der Waals surface area contributed by atoms with Crippen LogP contribution in [0.3, 0.4) is 0 Å². The lowest BCUT2D eigenvalue weighted by Gasteiger charge is -2.29. The minimum Gasteiger partial charge on any atom is -0.447 e. The van der Waals surface area contributed by atoms with Gasteiger partial charge in [0.15, 0.2) is 11.7 Å². The highest BCUT2D eigenvalue weighted by Crippen LogP contribution is 2.33. The Hall–Kier alpha value is -2.31. The van der Waals surface area contributed by atoms with E-state index in [0.717, 1.165) is 48.4 Å². The molecule has 2 rings (SSSR count). The summed E-state index contributed by atoms with van der Waals surface area (Å²) in [6, 6.07) is 14.1. The maximum absolute atomic E-state index is 13.5. The summed E-state index contributed by atoms with van der Waals surface area (Å²) in [7, 11) is 1.58. The van der Waals surface area contributed by atoms with Gasteiger partial charge in [-0.25, -0.2) is 4.79 Å². The van der Waals surface area contributed by atoms with Crippen molar-refractivity contribution in [1.29, 1.82) is 0 Å². The van der Waals surface area contributed by atoms with Crippen molar-refractivity contribution < 1.29 is 14.3 Å². The Kier molecular flexibility index (Phi) is 14.3. The first-order chi connectivity index (χ1) is 17.6. The molecule has 0 bridgehead atoms. The van der Waals surface area contributed by atoms with Crippen LogP contribution in [0.4, 0.5) is 0 Å². The molecular weight excluding hydrogens is 444 g/mol. The molecule has 0 fully saturated rings. The van der Waals surface area contributed by atoms with Crippen LogP contribution in [0.2, 0.25) is 0 Å². The summed E-state index contributed by atoms with van der Waals surface area (Å²) in [6.45, 7) is 6.28. The Morgan fingerprint density at radius 3 is 2.14 bits per heavy atom. The van der Waals surface area contributed by atoms with E-state index in [9.17, 15) is 4.79 Å². The number of ether oxygens (including phenoxy) is 2. The lowest BCUT2D eigenvalue weighted by molar-refractivity contribution is -0.171. The minimum absolute atomic E-state index is 0.369. The molecule has 0 aliphatic rings. The molecule has 3 heteroatoms. The summed E-state index contributed by atoms with van der Waals surface area (Å²) < 4.78 is 11.9. The van der Waals surface area contributed by atoms with Gasteiger partial charge >= 0.3 is 5.97 Å². The van der Waals surface area contributed by atoms with E-state index < -0.39 is 11.7 Å². The molecule has 198 valence electrons. The Balaban J connectivity index is 2.07. The summed E-state index contributed by atoms with van der Waals surface area (Å²) in [6.07, 6.45) is 15.9. The van der Waals surface area contributed by atoms with Gasteiger partial charge in [0.25, 0.3) is 0 Å². The number of methoxy groups -OCH3 is 1. The van der Waals surface area contributed by atoms with Crippen LogP contribution in [0.5, 0.6) is 0 Å². The van der Waals surface area contributed by atoms with E-state index in [-0.39, 0.29) is 5.97 Å². The molecule has 0 spiro atoms. The number of benzene rings is 2. The lowest BCUT2D eigenvalue weighted by atomic mass is 9.90. The summed E-state index contributed by atoms with van der Waals surface area (Å²) in [4.78, 5) is 13.5. The van der Waals surface area contributed by atoms with Crippen molar-refractivity contribution in [3.05, 3.63) is 48.0 Å². The van der Waals surface area contributed by atoms with Crippen LogP contribution in [0.25, 0.3) is 10.8 Å². The standard InChI is InChI=1S/C33H48O3/c1-5-7-9-11-13-15-17-24-29(25-18-16-14-12-10-8-6-2)36-32(34)33(3,35-4)31-27-21-23-28-22-19-20-26-30(28)31/h19-23,26-27,29H,5-17,24H2,1-4H3/t29-,33+/m1/s1. The smallest absolute Gasteiger partial charge is 0.344 e. The molecule has 2 aromatic rings. The van der Waals surface area contributed by atoms with Crippen molar-refractivity contribution in [2.45, 2.75) is 122 Å². The maximum atomic E-state index is 13.5. The third kappa shape index (κ3) is 9.62. The first kappa shape index (κ1) is 29.9. The van der Waals surface area contributed by atoms with Crippen molar-refractivity contribution in [2.75, 3.05) is 7.11 Å². The van der Waals surface area contributed by atoms with E-state index in [4.69, 9.17) is 9.47 Å². The highest BCUT2D eigenvalue weighted by atomic mass is 16.6. The van der Waals surface area contributed by atoms with Gasteiger partial charge in [0, 0.05) is 19.1 Å². The average Bonchev–Trinajstić information content (AvgIpc) is 2.90. The zero-order chi connectivity index (χ0) is 26.1. The Bertz CT molecular complexity index is 949. The molecule has 0 aliphatic carbocycles. The predicted octanol–water partition coefficient (Wildman–Crippen LogP) is 9.12. The van der Waals surface area contributed by atoms with E-state index in [0.29, 0.717) is 0 Å². The van der Waals surface area contributed by atoms with E-state index in [1.54, 1.807) is 7.11 Å². The molecule has 0 aliphatic heterocycles. The highest BCUT2D eigenvalue weighted by Gasteiger charge is 2.39. The largest absolute Gasteiger partial charge is 0.447 e. The fourth-order valence-corrected chi connectivity index (χ4v) is 4.64. The van der Waals surface area contributed by atoms with E-state index >= 15 is 0 Å². The van der Waals surface area contributed by atoms with E-state index in [2.05, 4.69) is 37.8 Å². The van der Waals surface area contributed by atoms with Crippen LogP contribution < -0.4 is 0 Å². The quantitative estimate of drug-likeness (QED) is 0.125. The molecule has 0 heterocycles. The van der Waals surface area contributed by atoms with Crippen molar-refractivity contribution >= 4 is 16.7 Å². The zero-order valence-electron chi connectivity index (χ0n) is 23.2. The molecule has 2 aromatic carbocycles. The monoisotopic (exact) mass is 492 g/mol. The summed E-state index contributed by atoms with van der Waals surface area (Å²) in [5.41, 5.74) is -0.368. The van der Waals surface area contributed by atoms with Gasteiger partial charge in [-0.3, -0.25) is 0 Å². The van der Waals surface area contributed by atoms with Crippen LogP contribution in [0, 0.1) is 11.8 Å². The molecule has 2 atom stereocenters. The molecule has 3 nitrogen and oxygen atoms in total. The molecular formula is C33H48O3. The minimum atomic E-state index is -1.19. The number of rotatable bonds is 17. The summed E-state index contributed by atoms with van der Waals surface area (Å²) in [5, 5.41) is 2.08. The number of hydrogen-bond donors (Lipinski definition) is 0. The second-order valence-electron chi connectivity index (χ2n) is 10.1. The fraction of sp³-hybridized carbons (Fsp3) is 0.606. The van der Waals surface area contributed by atoms with Crippen LogP contribution in [-0.2, 0) is 19.9 Å². The summed E-state index contributed by atoms with van der Waals surface area (Å²) >= 11 is 0. The van der Waals surface area contributed by atoms with E-state index in [1.165, 1.54) is 57.8 Å². The number of unbranched alkanes of at least 4 members (excludes halogenated alkanes) is 11. The van der Waals surface area contributed by atoms with Gasteiger partial charge in [-0.05, 0) is 37.0 Å². The number of hydrogen-bond acceptors (Lipinski definition) is 3. The number of fused-ring (bicyclic) bond motifs is 1. The molecule has 0 N–H and O–H groups in total. The number of carbonyl (C=O) groups excluding carboxylic acids is 1. The van der Waals surface area contributed by atoms with Crippen molar-refractivity contribution in [3.8, 4) is 11.8 Å². The van der Waals surface area contributed by atoms with Gasteiger partial charge in [0.1, 0.15) is 0 Å². The zero-order valence-corrected chi connectivity index (χ0v) is 23.2. The third-order valence-corrected chi connectivity index (χ3v) is 7.09. The van der Waals surface area contributed by atoms with Crippen LogP contribution in [0.15, 0.2) is 42.5 Å². The van der Waals surface area contributed by atoms with Crippen molar-refractivity contribution in [1.82, 2.24) is 0 Å². The van der Waals surface area contributed by atoms with Gasteiger partial charge in [-0.1, -0.05) is 132 Å². The Labute approximate surface area is 220 Å². The first-order valence-electron chi connectivity index (χ1n) is 14.3. The van der Waals surface area contributed by atoms with Gasteiger partial charge in [0.2, 0.25) is 0 Å². The molecule has 0 amide bonds. The van der Waals surface area contributed by atoms with Crippen LogP contribution in [0.1, 0.15) is 116 Å². The topological polar surface area (TPSA) is 35.5 Å². The lowest BCUT2D eigenvalue weighted by Crippen LogP contribution is -2.38. The SMILES string of the molecule is CCCCCCCC#C[C@@H](CCCCCCCCC)OC(=O)[C@@](C)(OC)c1cccc2ccccc12. The van der Waals surface area contributed by atoms with Gasteiger partial charge in [-0.15, -0.1) is 0 Å². The molecule has 0 saturated carbocycles. The van der Waals surface area contributed by atoms with Crippen molar-refractivity contribution in [2.24, 2.45) is 0 Å². The average molecular weight is 493 g/mol. The Morgan fingerprint density at radius 2 is 1.44 bits per heavy atom. The summed E-state index contributed by atoms with van der Waals surface area (Å²) in [5.74, 6) is 6.23. The molecule has 36 heavy (non-hydrogen) atoms.